The molecule has 4 heteroatoms. The van der Waals surface area contributed by atoms with Gasteiger partial charge in [-0.25, -0.2) is 4.39 Å². The van der Waals surface area contributed by atoms with E-state index in [9.17, 15) is 19.4 Å². The van der Waals surface area contributed by atoms with Crippen LogP contribution in [0.3, 0.4) is 0 Å². The molecule has 110 valence electrons. The number of Topliss-reactive ketones (excluding diaryl/α,β-unsaturated/α-hetero) is 1. The molecule has 0 amide bonds. The molecule has 21 heavy (non-hydrogen) atoms. The molecule has 0 aliphatic rings. The maximum Gasteiger partial charge on any atom is 0.170 e. The number of carbonyl (C=O) groups excluding carboxylic acids is 1. The number of rotatable bonds is 4. The third-order valence-corrected chi connectivity index (χ3v) is 3.35. The fraction of sp³-hybridized carbons (Fsp3) is 0.235. The summed E-state index contributed by atoms with van der Waals surface area (Å²) in [5.41, 5.74) is 1.44. The maximum atomic E-state index is 12.8. The minimum Gasteiger partial charge on any atom is -0.508 e. The van der Waals surface area contributed by atoms with Gasteiger partial charge in [-0.3, -0.25) is 4.79 Å². The van der Waals surface area contributed by atoms with Gasteiger partial charge in [-0.15, -0.1) is 0 Å². The van der Waals surface area contributed by atoms with Crippen molar-refractivity contribution in [3.8, 4) is 11.5 Å². The van der Waals surface area contributed by atoms with Crippen LogP contribution in [0, 0.1) is 5.82 Å². The van der Waals surface area contributed by atoms with Gasteiger partial charge in [0.1, 0.15) is 17.3 Å². The van der Waals surface area contributed by atoms with Crippen molar-refractivity contribution >= 4 is 5.78 Å². The first-order valence-electron chi connectivity index (χ1n) is 6.72. The van der Waals surface area contributed by atoms with E-state index in [2.05, 4.69) is 0 Å². The van der Waals surface area contributed by atoms with E-state index < -0.39 is 0 Å². The monoisotopic (exact) mass is 288 g/mol. The molecule has 0 aromatic heterocycles. The molecule has 0 aliphatic heterocycles. The van der Waals surface area contributed by atoms with Crippen molar-refractivity contribution in [2.24, 2.45) is 0 Å². The van der Waals surface area contributed by atoms with Crippen LogP contribution in [0.2, 0.25) is 0 Å². The second kappa shape index (κ2) is 5.95. The summed E-state index contributed by atoms with van der Waals surface area (Å²) in [7, 11) is 0. The zero-order chi connectivity index (χ0) is 15.6. The molecule has 0 bridgehead atoms. The molecule has 0 spiro atoms. The maximum absolute atomic E-state index is 12.8. The van der Waals surface area contributed by atoms with Gasteiger partial charge in [0.25, 0.3) is 0 Å². The predicted molar refractivity (Wildman–Crippen MR) is 78.3 cm³/mol. The summed E-state index contributed by atoms with van der Waals surface area (Å²) < 4.78 is 12.8. The molecular weight excluding hydrogens is 271 g/mol. The molecule has 0 fully saturated rings. The SMILES string of the molecule is CC(C)c1cc(C(=O)Cc2ccc(F)cc2)c(O)cc1O. The van der Waals surface area contributed by atoms with Crippen molar-refractivity contribution in [2.45, 2.75) is 26.2 Å². The smallest absolute Gasteiger partial charge is 0.170 e. The third-order valence-electron chi connectivity index (χ3n) is 3.35. The average molecular weight is 288 g/mol. The molecule has 0 radical (unpaired) electrons. The van der Waals surface area contributed by atoms with E-state index in [1.54, 1.807) is 0 Å². The summed E-state index contributed by atoms with van der Waals surface area (Å²) in [6.07, 6.45) is 0.0656. The largest absolute Gasteiger partial charge is 0.508 e. The first-order chi connectivity index (χ1) is 9.88. The fourth-order valence-electron chi connectivity index (χ4n) is 2.16. The van der Waals surface area contributed by atoms with Crippen LogP contribution in [0.4, 0.5) is 4.39 Å². The summed E-state index contributed by atoms with van der Waals surface area (Å²) in [5, 5.41) is 19.6. The molecule has 0 saturated heterocycles. The highest BCUT2D eigenvalue weighted by atomic mass is 19.1. The molecule has 2 rings (SSSR count). The van der Waals surface area contributed by atoms with Crippen LogP contribution in [0.15, 0.2) is 36.4 Å². The Balaban J connectivity index is 2.30. The van der Waals surface area contributed by atoms with Crippen molar-refractivity contribution in [2.75, 3.05) is 0 Å². The molecule has 0 aliphatic carbocycles. The van der Waals surface area contributed by atoms with Crippen molar-refractivity contribution in [1.29, 1.82) is 0 Å². The van der Waals surface area contributed by atoms with Gasteiger partial charge in [-0.1, -0.05) is 26.0 Å². The Morgan fingerprint density at radius 1 is 1.10 bits per heavy atom. The normalized spacial score (nSPS) is 10.9. The quantitative estimate of drug-likeness (QED) is 0.842. The van der Waals surface area contributed by atoms with E-state index in [4.69, 9.17) is 0 Å². The van der Waals surface area contributed by atoms with Crippen LogP contribution < -0.4 is 0 Å². The van der Waals surface area contributed by atoms with Gasteiger partial charge in [-0.05, 0) is 35.2 Å². The highest BCUT2D eigenvalue weighted by molar-refractivity contribution is 6.00. The first-order valence-corrected chi connectivity index (χ1v) is 6.72. The number of hydrogen-bond acceptors (Lipinski definition) is 3. The standard InChI is InChI=1S/C17H17FO3/c1-10(2)13-8-14(17(21)9-16(13)20)15(19)7-11-3-5-12(18)6-4-11/h3-6,8-10,20-21H,7H2,1-2H3. The van der Waals surface area contributed by atoms with Gasteiger partial charge in [0.15, 0.2) is 5.78 Å². The van der Waals surface area contributed by atoms with E-state index in [0.29, 0.717) is 11.1 Å². The molecular formula is C17H17FO3. The van der Waals surface area contributed by atoms with Gasteiger partial charge in [0.2, 0.25) is 0 Å². The fourth-order valence-corrected chi connectivity index (χ4v) is 2.16. The lowest BCUT2D eigenvalue weighted by molar-refractivity contribution is 0.0990. The topological polar surface area (TPSA) is 57.5 Å². The van der Waals surface area contributed by atoms with E-state index in [-0.39, 0.29) is 41.0 Å². The molecule has 2 N–H and O–H groups in total. The highest BCUT2D eigenvalue weighted by Crippen LogP contribution is 2.32. The molecule has 2 aromatic carbocycles. The van der Waals surface area contributed by atoms with Gasteiger partial charge in [0, 0.05) is 12.5 Å². The molecule has 2 aromatic rings. The molecule has 0 saturated carbocycles. The van der Waals surface area contributed by atoms with E-state index in [1.807, 2.05) is 13.8 Å². The van der Waals surface area contributed by atoms with Gasteiger partial charge >= 0.3 is 0 Å². The minimum absolute atomic E-state index is 0.0270. The zero-order valence-corrected chi connectivity index (χ0v) is 11.9. The van der Waals surface area contributed by atoms with Crippen molar-refractivity contribution in [3.05, 3.63) is 58.9 Å². The first kappa shape index (κ1) is 15.0. The van der Waals surface area contributed by atoms with Gasteiger partial charge < -0.3 is 10.2 Å². The average Bonchev–Trinajstić information content (AvgIpc) is 2.40. The lowest BCUT2D eigenvalue weighted by atomic mass is 9.95. The number of aromatic hydroxyl groups is 2. The lowest BCUT2D eigenvalue weighted by Gasteiger charge is -2.12. The Hall–Kier alpha value is -2.36. The number of benzene rings is 2. The van der Waals surface area contributed by atoms with Crippen LogP contribution >= 0.6 is 0 Å². The van der Waals surface area contributed by atoms with Crippen molar-refractivity contribution in [3.63, 3.8) is 0 Å². The predicted octanol–water partition coefficient (Wildman–Crippen LogP) is 3.79. The molecule has 0 heterocycles. The van der Waals surface area contributed by atoms with E-state index in [1.165, 1.54) is 36.4 Å². The van der Waals surface area contributed by atoms with Crippen molar-refractivity contribution in [1.82, 2.24) is 0 Å². The van der Waals surface area contributed by atoms with Crippen LogP contribution in [0.25, 0.3) is 0 Å². The Labute approximate surface area is 122 Å². The number of phenols is 2. The van der Waals surface area contributed by atoms with Crippen LogP contribution in [0.1, 0.15) is 41.3 Å². The van der Waals surface area contributed by atoms with Gasteiger partial charge in [-0.2, -0.15) is 0 Å². The number of halogens is 1. The molecule has 3 nitrogen and oxygen atoms in total. The zero-order valence-electron chi connectivity index (χ0n) is 11.9. The van der Waals surface area contributed by atoms with E-state index >= 15 is 0 Å². The minimum atomic E-state index is -0.360. The van der Waals surface area contributed by atoms with Crippen molar-refractivity contribution < 1.29 is 19.4 Å². The Morgan fingerprint density at radius 2 is 1.71 bits per heavy atom. The Bertz CT molecular complexity index is 660. The number of hydrogen-bond donors (Lipinski definition) is 2. The Morgan fingerprint density at radius 3 is 2.29 bits per heavy atom. The van der Waals surface area contributed by atoms with E-state index in [0.717, 1.165) is 0 Å². The second-order valence-corrected chi connectivity index (χ2v) is 5.31. The Kier molecular flexibility index (Phi) is 4.26. The summed E-state index contributed by atoms with van der Waals surface area (Å²) in [4.78, 5) is 12.3. The number of ketones is 1. The summed E-state index contributed by atoms with van der Waals surface area (Å²) >= 11 is 0. The van der Waals surface area contributed by atoms with Crippen LogP contribution in [-0.4, -0.2) is 16.0 Å². The molecule has 0 atom stereocenters. The summed E-state index contributed by atoms with van der Waals surface area (Å²) in [6, 6.07) is 8.36. The van der Waals surface area contributed by atoms with Crippen LogP contribution in [0.5, 0.6) is 11.5 Å². The van der Waals surface area contributed by atoms with Gasteiger partial charge in [0.05, 0.1) is 5.56 Å². The molecule has 0 unspecified atom stereocenters. The summed E-state index contributed by atoms with van der Waals surface area (Å²) in [6.45, 7) is 3.78. The third kappa shape index (κ3) is 3.40. The highest BCUT2D eigenvalue weighted by Gasteiger charge is 2.17. The number of phenolic OH excluding ortho intramolecular Hbond substituents is 2. The lowest BCUT2D eigenvalue weighted by Crippen LogP contribution is -2.05. The summed E-state index contributed by atoms with van der Waals surface area (Å²) in [5.74, 6) is -0.880. The number of carbonyl (C=O) groups is 1. The van der Waals surface area contributed by atoms with Crippen LogP contribution in [-0.2, 0) is 6.42 Å². The second-order valence-electron chi connectivity index (χ2n) is 5.31.